The molecule has 0 bridgehead atoms. The average Bonchev–Trinajstić information content (AvgIpc) is 3.34. The van der Waals surface area contributed by atoms with Gasteiger partial charge in [-0.05, 0) is 32.6 Å². The van der Waals surface area contributed by atoms with E-state index in [1.807, 2.05) is 12.2 Å². The molecule has 0 aromatic carbocycles. The molecule has 1 N–H and O–H groups in total. The van der Waals surface area contributed by atoms with Gasteiger partial charge in [-0.1, -0.05) is 12.2 Å². The van der Waals surface area contributed by atoms with Gasteiger partial charge in [0.25, 0.3) is 5.91 Å². The van der Waals surface area contributed by atoms with Crippen LogP contribution in [0.3, 0.4) is 0 Å². The molecule has 0 aromatic rings. The van der Waals surface area contributed by atoms with Crippen LogP contribution >= 0.6 is 0 Å². The van der Waals surface area contributed by atoms with Gasteiger partial charge in [-0.2, -0.15) is 0 Å². The first-order chi connectivity index (χ1) is 11.5. The number of hydrogen-bond donors (Lipinski definition) is 1. The molecule has 1 heterocycles. The summed E-state index contributed by atoms with van der Waals surface area (Å²) >= 11 is 0. The predicted octanol–water partition coefficient (Wildman–Crippen LogP) is 0.538. The van der Waals surface area contributed by atoms with Gasteiger partial charge in [0.05, 0.1) is 18.3 Å². The van der Waals surface area contributed by atoms with E-state index in [2.05, 4.69) is 5.32 Å². The largest absolute Gasteiger partial charge is 0.452 e. The van der Waals surface area contributed by atoms with Crippen molar-refractivity contribution in [3.05, 3.63) is 12.2 Å². The number of amides is 3. The Kier molecular flexibility index (Phi) is 4.69. The van der Waals surface area contributed by atoms with E-state index >= 15 is 0 Å². The number of ether oxygens (including phenoxy) is 1. The van der Waals surface area contributed by atoms with Crippen LogP contribution in [-0.4, -0.2) is 47.3 Å². The lowest BCUT2D eigenvalue weighted by Gasteiger charge is -2.16. The molecule has 2 aliphatic carbocycles. The second-order valence-electron chi connectivity index (χ2n) is 6.65. The third kappa shape index (κ3) is 3.49. The van der Waals surface area contributed by atoms with Gasteiger partial charge in [-0.15, -0.1) is 0 Å². The minimum Gasteiger partial charge on any atom is -0.452 e. The second kappa shape index (κ2) is 6.75. The van der Waals surface area contributed by atoms with Crippen LogP contribution in [-0.2, 0) is 23.9 Å². The highest BCUT2D eigenvalue weighted by atomic mass is 16.5. The number of nitrogens with zero attached hydrogens (tertiary/aromatic N) is 1. The van der Waals surface area contributed by atoms with Crippen molar-refractivity contribution in [2.45, 2.75) is 51.2 Å². The summed E-state index contributed by atoms with van der Waals surface area (Å²) in [5.41, 5.74) is 0. The van der Waals surface area contributed by atoms with Crippen molar-refractivity contribution in [3.8, 4) is 0 Å². The van der Waals surface area contributed by atoms with E-state index in [0.717, 1.165) is 12.8 Å². The molecule has 7 heteroatoms. The molecule has 0 unspecified atom stereocenters. The smallest absolute Gasteiger partial charge is 0.308 e. The highest BCUT2D eigenvalue weighted by Gasteiger charge is 2.47. The molecule has 3 amide bonds. The number of carbonyl (C=O) groups is 4. The SMILES string of the molecule is C[C@H](OC(=O)CCN1C(=O)[C@H]2CC=CC[C@H]2C1=O)C(=O)NC1CC1. The first-order valence-corrected chi connectivity index (χ1v) is 8.47. The number of imide groups is 1. The first-order valence-electron chi connectivity index (χ1n) is 8.47. The van der Waals surface area contributed by atoms with Gasteiger partial charge in [0.2, 0.25) is 11.8 Å². The van der Waals surface area contributed by atoms with E-state index in [9.17, 15) is 19.2 Å². The molecule has 0 radical (unpaired) electrons. The Balaban J connectivity index is 1.46. The Morgan fingerprint density at radius 3 is 2.33 bits per heavy atom. The maximum absolute atomic E-state index is 12.3. The minimum atomic E-state index is -0.866. The minimum absolute atomic E-state index is 0.0143. The Hall–Kier alpha value is -2.18. The highest BCUT2D eigenvalue weighted by molar-refractivity contribution is 6.05. The standard InChI is InChI=1S/C17H22N2O5/c1-10(15(21)18-11-6-7-11)24-14(20)8-9-19-16(22)12-4-2-3-5-13(12)17(19)23/h2-3,10-13H,4-9H2,1H3,(H,18,21)/t10-,12-,13+/m0/s1. The van der Waals surface area contributed by atoms with Crippen molar-refractivity contribution < 1.29 is 23.9 Å². The fraction of sp³-hybridized carbons (Fsp3) is 0.647. The molecule has 3 rings (SSSR count). The molecule has 0 aromatic heterocycles. The van der Waals surface area contributed by atoms with Crippen LogP contribution in [0.15, 0.2) is 12.2 Å². The summed E-state index contributed by atoms with van der Waals surface area (Å²) in [7, 11) is 0. The third-order valence-corrected chi connectivity index (χ3v) is 4.74. The molecule has 3 aliphatic rings. The van der Waals surface area contributed by atoms with Crippen LogP contribution in [0.5, 0.6) is 0 Å². The third-order valence-electron chi connectivity index (χ3n) is 4.74. The zero-order valence-corrected chi connectivity index (χ0v) is 13.7. The fourth-order valence-corrected chi connectivity index (χ4v) is 3.15. The van der Waals surface area contributed by atoms with Gasteiger partial charge in [0, 0.05) is 12.6 Å². The lowest BCUT2D eigenvalue weighted by Crippen LogP contribution is -2.38. The normalized spacial score (nSPS) is 27.0. The molecular weight excluding hydrogens is 312 g/mol. The summed E-state index contributed by atoms with van der Waals surface area (Å²) in [6.45, 7) is 1.53. The molecule has 1 saturated carbocycles. The van der Waals surface area contributed by atoms with Crippen molar-refractivity contribution in [1.29, 1.82) is 0 Å². The van der Waals surface area contributed by atoms with Crippen LogP contribution in [0.4, 0.5) is 0 Å². The fourth-order valence-electron chi connectivity index (χ4n) is 3.15. The Morgan fingerprint density at radius 1 is 1.21 bits per heavy atom. The van der Waals surface area contributed by atoms with Crippen LogP contribution in [0.1, 0.15) is 39.0 Å². The van der Waals surface area contributed by atoms with Crippen LogP contribution in [0.2, 0.25) is 0 Å². The van der Waals surface area contributed by atoms with Gasteiger partial charge in [0.15, 0.2) is 6.10 Å². The number of rotatable bonds is 6. The average molecular weight is 334 g/mol. The van der Waals surface area contributed by atoms with E-state index in [0.29, 0.717) is 12.8 Å². The second-order valence-corrected chi connectivity index (χ2v) is 6.65. The van der Waals surface area contributed by atoms with Gasteiger partial charge >= 0.3 is 5.97 Å². The van der Waals surface area contributed by atoms with Crippen molar-refractivity contribution in [3.63, 3.8) is 0 Å². The topological polar surface area (TPSA) is 92.8 Å². The molecule has 0 spiro atoms. The molecule has 7 nitrogen and oxygen atoms in total. The summed E-state index contributed by atoms with van der Waals surface area (Å²) in [6, 6.07) is 0.204. The maximum Gasteiger partial charge on any atom is 0.308 e. The Bertz CT molecular complexity index is 570. The zero-order chi connectivity index (χ0) is 17.3. The summed E-state index contributed by atoms with van der Waals surface area (Å²) < 4.78 is 5.08. The van der Waals surface area contributed by atoms with E-state index in [1.165, 1.54) is 11.8 Å². The lowest BCUT2D eigenvalue weighted by atomic mass is 9.85. The zero-order valence-electron chi connectivity index (χ0n) is 13.7. The first kappa shape index (κ1) is 16.7. The van der Waals surface area contributed by atoms with Crippen molar-refractivity contribution >= 4 is 23.7 Å². The Labute approximate surface area is 140 Å². The molecule has 130 valence electrons. The van der Waals surface area contributed by atoms with E-state index in [4.69, 9.17) is 4.74 Å². The molecule has 1 saturated heterocycles. The summed E-state index contributed by atoms with van der Waals surface area (Å²) in [6.07, 6.45) is 5.96. The number of likely N-dealkylation sites (tertiary alicyclic amines) is 1. The van der Waals surface area contributed by atoms with Gasteiger partial charge in [0.1, 0.15) is 0 Å². The lowest BCUT2D eigenvalue weighted by molar-refractivity contribution is -0.155. The number of nitrogens with one attached hydrogen (secondary N) is 1. The van der Waals surface area contributed by atoms with E-state index in [1.54, 1.807) is 0 Å². The van der Waals surface area contributed by atoms with Crippen LogP contribution in [0, 0.1) is 11.8 Å². The molecular formula is C17H22N2O5. The summed E-state index contributed by atoms with van der Waals surface area (Å²) in [4.78, 5) is 49.3. The van der Waals surface area contributed by atoms with Crippen LogP contribution in [0.25, 0.3) is 0 Å². The monoisotopic (exact) mass is 334 g/mol. The number of fused-ring (bicyclic) bond motifs is 1. The molecule has 24 heavy (non-hydrogen) atoms. The number of esters is 1. The highest BCUT2D eigenvalue weighted by Crippen LogP contribution is 2.35. The number of carbonyl (C=O) groups excluding carboxylic acids is 4. The Morgan fingerprint density at radius 2 is 1.79 bits per heavy atom. The van der Waals surface area contributed by atoms with Crippen LogP contribution < -0.4 is 5.32 Å². The summed E-state index contributed by atoms with van der Waals surface area (Å²) in [5.74, 6) is -1.88. The van der Waals surface area contributed by atoms with Crippen molar-refractivity contribution in [2.75, 3.05) is 6.54 Å². The summed E-state index contributed by atoms with van der Waals surface area (Å²) in [5, 5.41) is 2.76. The quantitative estimate of drug-likeness (QED) is 0.435. The number of hydrogen-bond acceptors (Lipinski definition) is 5. The maximum atomic E-state index is 12.3. The molecule has 2 fully saturated rings. The van der Waals surface area contributed by atoms with Crippen molar-refractivity contribution in [2.24, 2.45) is 11.8 Å². The molecule has 1 aliphatic heterocycles. The van der Waals surface area contributed by atoms with E-state index < -0.39 is 12.1 Å². The van der Waals surface area contributed by atoms with Gasteiger partial charge in [-0.3, -0.25) is 24.1 Å². The van der Waals surface area contributed by atoms with Gasteiger partial charge < -0.3 is 10.1 Å². The molecule has 3 atom stereocenters. The van der Waals surface area contributed by atoms with E-state index in [-0.39, 0.29) is 48.6 Å². The van der Waals surface area contributed by atoms with Gasteiger partial charge in [-0.25, -0.2) is 0 Å². The predicted molar refractivity (Wildman–Crippen MR) is 83.4 cm³/mol. The van der Waals surface area contributed by atoms with Crippen molar-refractivity contribution in [1.82, 2.24) is 10.2 Å². The number of allylic oxidation sites excluding steroid dienone is 2.